The minimum absolute atomic E-state index is 0.646. The van der Waals surface area contributed by atoms with Crippen molar-refractivity contribution in [1.82, 2.24) is 9.55 Å². The monoisotopic (exact) mass is 282 g/mol. The van der Waals surface area contributed by atoms with E-state index in [0.29, 0.717) is 18.0 Å². The van der Waals surface area contributed by atoms with Gasteiger partial charge in [-0.1, -0.05) is 12.1 Å². The van der Waals surface area contributed by atoms with Gasteiger partial charge in [0.25, 0.3) is 0 Å². The number of ether oxygens (including phenoxy) is 2. The number of hydrogen-bond donors (Lipinski definition) is 0. The van der Waals surface area contributed by atoms with E-state index in [0.717, 1.165) is 5.69 Å². The molecule has 0 saturated carbocycles. The second-order valence-electron chi connectivity index (χ2n) is 5.00. The van der Waals surface area contributed by atoms with E-state index >= 15 is 0 Å². The van der Waals surface area contributed by atoms with E-state index in [4.69, 9.17) is 9.47 Å². The Balaban J connectivity index is 2.04. The lowest BCUT2D eigenvalue weighted by Gasteiger charge is -2.12. The molecule has 0 fully saturated rings. The maximum Gasteiger partial charge on any atom is 0.184 e. The molecular formula is C17H18N2O2. The highest BCUT2D eigenvalue weighted by Gasteiger charge is 2.12. The number of aromatic nitrogens is 2. The SMILES string of the molecule is COc1ccnc(Cn2ccc3ccc(C)cc32)c1OC. The van der Waals surface area contributed by atoms with Crippen LogP contribution < -0.4 is 9.47 Å². The summed E-state index contributed by atoms with van der Waals surface area (Å²) in [6.45, 7) is 2.74. The number of methoxy groups -OCH3 is 2. The normalized spacial score (nSPS) is 10.8. The average Bonchev–Trinajstić information content (AvgIpc) is 2.89. The summed E-state index contributed by atoms with van der Waals surface area (Å²) in [6.07, 6.45) is 3.82. The molecule has 0 radical (unpaired) electrons. The van der Waals surface area contributed by atoms with Crippen molar-refractivity contribution in [2.24, 2.45) is 0 Å². The van der Waals surface area contributed by atoms with Crippen LogP contribution in [0.5, 0.6) is 11.5 Å². The number of aryl methyl sites for hydroxylation is 1. The topological polar surface area (TPSA) is 36.3 Å². The molecule has 0 amide bonds. The average molecular weight is 282 g/mol. The van der Waals surface area contributed by atoms with E-state index in [2.05, 4.69) is 46.9 Å². The first-order valence-electron chi connectivity index (χ1n) is 6.84. The Labute approximate surface area is 123 Å². The molecule has 0 saturated heterocycles. The molecule has 0 bridgehead atoms. The fourth-order valence-electron chi connectivity index (χ4n) is 2.56. The molecule has 0 atom stereocenters. The second kappa shape index (κ2) is 5.48. The number of nitrogens with zero attached hydrogens (tertiary/aromatic N) is 2. The predicted molar refractivity (Wildman–Crippen MR) is 83.1 cm³/mol. The molecule has 1 aromatic carbocycles. The Bertz CT molecular complexity index is 778. The molecule has 0 aliphatic carbocycles. The lowest BCUT2D eigenvalue weighted by Crippen LogP contribution is -2.04. The van der Waals surface area contributed by atoms with Gasteiger partial charge in [-0.3, -0.25) is 4.98 Å². The van der Waals surface area contributed by atoms with Crippen molar-refractivity contribution in [3.8, 4) is 11.5 Å². The van der Waals surface area contributed by atoms with Gasteiger partial charge in [0.15, 0.2) is 11.5 Å². The Morgan fingerprint density at radius 3 is 2.71 bits per heavy atom. The molecule has 4 nitrogen and oxygen atoms in total. The first kappa shape index (κ1) is 13.5. The zero-order valence-electron chi connectivity index (χ0n) is 12.5. The van der Waals surface area contributed by atoms with Crippen LogP contribution in [0.25, 0.3) is 10.9 Å². The second-order valence-corrected chi connectivity index (χ2v) is 5.00. The van der Waals surface area contributed by atoms with Crippen LogP contribution >= 0.6 is 0 Å². The third-order valence-corrected chi connectivity index (χ3v) is 3.62. The molecule has 3 rings (SSSR count). The highest BCUT2D eigenvalue weighted by molar-refractivity contribution is 5.80. The molecule has 2 aromatic heterocycles. The van der Waals surface area contributed by atoms with E-state index in [1.807, 2.05) is 0 Å². The summed E-state index contributed by atoms with van der Waals surface area (Å²) in [5.74, 6) is 1.39. The van der Waals surface area contributed by atoms with Crippen molar-refractivity contribution in [1.29, 1.82) is 0 Å². The van der Waals surface area contributed by atoms with Gasteiger partial charge in [0.05, 0.1) is 20.8 Å². The predicted octanol–water partition coefficient (Wildman–Crippen LogP) is 3.41. The maximum absolute atomic E-state index is 5.45. The number of rotatable bonds is 4. The molecule has 4 heteroatoms. The molecule has 21 heavy (non-hydrogen) atoms. The van der Waals surface area contributed by atoms with Crippen molar-refractivity contribution in [3.63, 3.8) is 0 Å². The summed E-state index contributed by atoms with van der Waals surface area (Å²) in [5.41, 5.74) is 3.30. The van der Waals surface area contributed by atoms with E-state index < -0.39 is 0 Å². The minimum atomic E-state index is 0.646. The minimum Gasteiger partial charge on any atom is -0.493 e. The van der Waals surface area contributed by atoms with Crippen LogP contribution in [-0.4, -0.2) is 23.8 Å². The molecule has 108 valence electrons. The standard InChI is InChI=1S/C17H18N2O2/c1-12-4-5-13-7-9-19(15(13)10-12)11-14-17(21-3)16(20-2)6-8-18-14/h4-10H,11H2,1-3H3. The number of pyridine rings is 1. The molecule has 3 aromatic rings. The summed E-state index contributed by atoms with van der Waals surface area (Å²) in [6, 6.07) is 10.4. The van der Waals surface area contributed by atoms with E-state index in [9.17, 15) is 0 Å². The number of fused-ring (bicyclic) bond motifs is 1. The molecule has 2 heterocycles. The zero-order valence-corrected chi connectivity index (χ0v) is 12.5. The summed E-state index contributed by atoms with van der Waals surface area (Å²) in [5, 5.41) is 1.22. The largest absolute Gasteiger partial charge is 0.493 e. The van der Waals surface area contributed by atoms with Gasteiger partial charge in [0.2, 0.25) is 0 Å². The lowest BCUT2D eigenvalue weighted by molar-refractivity contribution is 0.348. The van der Waals surface area contributed by atoms with Crippen LogP contribution in [0.15, 0.2) is 42.7 Å². The smallest absolute Gasteiger partial charge is 0.184 e. The van der Waals surface area contributed by atoms with Crippen molar-refractivity contribution >= 4 is 10.9 Å². The number of hydrogen-bond acceptors (Lipinski definition) is 3. The van der Waals surface area contributed by atoms with Gasteiger partial charge < -0.3 is 14.0 Å². The van der Waals surface area contributed by atoms with Gasteiger partial charge in [-0.05, 0) is 30.0 Å². The molecular weight excluding hydrogens is 264 g/mol. The van der Waals surface area contributed by atoms with Gasteiger partial charge in [0, 0.05) is 24.0 Å². The van der Waals surface area contributed by atoms with E-state index in [1.54, 1.807) is 26.5 Å². The van der Waals surface area contributed by atoms with Crippen molar-refractivity contribution in [2.75, 3.05) is 14.2 Å². The van der Waals surface area contributed by atoms with Crippen LogP contribution in [0, 0.1) is 6.92 Å². The van der Waals surface area contributed by atoms with Crippen LogP contribution in [-0.2, 0) is 6.54 Å². The third kappa shape index (κ3) is 2.44. The molecule has 0 unspecified atom stereocenters. The Morgan fingerprint density at radius 1 is 1.10 bits per heavy atom. The van der Waals surface area contributed by atoms with Crippen molar-refractivity contribution < 1.29 is 9.47 Å². The van der Waals surface area contributed by atoms with E-state index in [1.165, 1.54) is 16.5 Å². The van der Waals surface area contributed by atoms with Gasteiger partial charge in [-0.25, -0.2) is 0 Å². The van der Waals surface area contributed by atoms with Crippen LogP contribution in [0.3, 0.4) is 0 Å². The Kier molecular flexibility index (Phi) is 3.52. The first-order chi connectivity index (χ1) is 10.2. The highest BCUT2D eigenvalue weighted by atomic mass is 16.5. The molecule has 0 N–H and O–H groups in total. The van der Waals surface area contributed by atoms with Gasteiger partial charge >= 0.3 is 0 Å². The fourth-order valence-corrected chi connectivity index (χ4v) is 2.56. The van der Waals surface area contributed by atoms with Gasteiger partial charge in [-0.15, -0.1) is 0 Å². The summed E-state index contributed by atoms with van der Waals surface area (Å²) >= 11 is 0. The Morgan fingerprint density at radius 2 is 1.95 bits per heavy atom. The van der Waals surface area contributed by atoms with Crippen LogP contribution in [0.4, 0.5) is 0 Å². The number of benzene rings is 1. The third-order valence-electron chi connectivity index (χ3n) is 3.62. The molecule has 0 spiro atoms. The maximum atomic E-state index is 5.45. The molecule has 0 aliphatic heterocycles. The van der Waals surface area contributed by atoms with Crippen molar-refractivity contribution in [2.45, 2.75) is 13.5 Å². The molecule has 0 aliphatic rings. The van der Waals surface area contributed by atoms with Crippen LogP contribution in [0.1, 0.15) is 11.3 Å². The summed E-state index contributed by atoms with van der Waals surface area (Å²) < 4.78 is 13.0. The van der Waals surface area contributed by atoms with E-state index in [-0.39, 0.29) is 0 Å². The van der Waals surface area contributed by atoms with Gasteiger partial charge in [-0.2, -0.15) is 0 Å². The lowest BCUT2D eigenvalue weighted by atomic mass is 10.2. The Hall–Kier alpha value is -2.49. The van der Waals surface area contributed by atoms with Gasteiger partial charge in [0.1, 0.15) is 5.69 Å². The van der Waals surface area contributed by atoms with Crippen LogP contribution in [0.2, 0.25) is 0 Å². The summed E-state index contributed by atoms with van der Waals surface area (Å²) in [4.78, 5) is 4.44. The first-order valence-corrected chi connectivity index (χ1v) is 6.84. The quantitative estimate of drug-likeness (QED) is 0.735. The van der Waals surface area contributed by atoms with Crippen molar-refractivity contribution in [3.05, 3.63) is 54.0 Å². The summed E-state index contributed by atoms with van der Waals surface area (Å²) in [7, 11) is 3.27. The fraction of sp³-hybridized carbons (Fsp3) is 0.235. The zero-order chi connectivity index (χ0) is 14.8. The highest BCUT2D eigenvalue weighted by Crippen LogP contribution is 2.30.